The maximum absolute atomic E-state index is 12.6. The van der Waals surface area contributed by atoms with Gasteiger partial charge in [-0.2, -0.15) is 13.2 Å². The Kier molecular flexibility index (Phi) is 5.21. The highest BCUT2D eigenvalue weighted by molar-refractivity contribution is 5.78. The topological polar surface area (TPSA) is 46.6 Å². The van der Waals surface area contributed by atoms with Crippen LogP contribution in [0, 0.1) is 23.2 Å². The summed E-state index contributed by atoms with van der Waals surface area (Å²) >= 11 is 0. The summed E-state index contributed by atoms with van der Waals surface area (Å²) in [7, 11) is 0. The van der Waals surface area contributed by atoms with Crippen LogP contribution in [0.25, 0.3) is 0 Å². The third kappa shape index (κ3) is 4.42. The minimum atomic E-state index is -4.52. The first-order chi connectivity index (χ1) is 10.9. The van der Waals surface area contributed by atoms with Gasteiger partial charge in [0, 0.05) is 6.54 Å². The molecule has 1 saturated heterocycles. The van der Waals surface area contributed by atoms with Gasteiger partial charge in [0.2, 0.25) is 5.91 Å². The van der Waals surface area contributed by atoms with E-state index in [0.717, 1.165) is 12.8 Å². The third-order valence-corrected chi connectivity index (χ3v) is 5.06. The minimum absolute atomic E-state index is 0.0264. The lowest BCUT2D eigenvalue weighted by molar-refractivity contribution is -0.170. The third-order valence-electron chi connectivity index (χ3n) is 5.06. The van der Waals surface area contributed by atoms with Crippen molar-refractivity contribution in [2.75, 3.05) is 13.2 Å². The molecular weight excluding hydrogens is 323 g/mol. The number of carbonyl (C=O) groups is 2. The molecule has 0 spiro atoms. The summed E-state index contributed by atoms with van der Waals surface area (Å²) in [6, 6.07) is -0.458. The Morgan fingerprint density at radius 2 is 1.79 bits per heavy atom. The first-order valence-corrected chi connectivity index (χ1v) is 8.42. The van der Waals surface area contributed by atoms with Crippen molar-refractivity contribution in [1.82, 2.24) is 4.90 Å². The van der Waals surface area contributed by atoms with Gasteiger partial charge in [0.05, 0.1) is 11.5 Å². The second kappa shape index (κ2) is 6.56. The van der Waals surface area contributed by atoms with E-state index in [2.05, 4.69) is 6.92 Å². The van der Waals surface area contributed by atoms with Gasteiger partial charge in [-0.3, -0.25) is 9.59 Å². The lowest BCUT2D eigenvalue weighted by atomic mass is 9.87. The zero-order valence-electron chi connectivity index (χ0n) is 14.7. The minimum Gasteiger partial charge on any atom is -0.463 e. The summed E-state index contributed by atoms with van der Waals surface area (Å²) in [4.78, 5) is 25.5. The summed E-state index contributed by atoms with van der Waals surface area (Å²) in [5.41, 5.74) is -0.681. The number of likely N-dealkylation sites (tertiary alicyclic amines) is 1. The molecule has 4 nitrogen and oxygen atoms in total. The first kappa shape index (κ1) is 19.1. The number of hydrogen-bond acceptors (Lipinski definition) is 3. The lowest BCUT2D eigenvalue weighted by Gasteiger charge is -2.41. The van der Waals surface area contributed by atoms with Crippen molar-refractivity contribution in [3.05, 3.63) is 0 Å². The van der Waals surface area contributed by atoms with Crippen LogP contribution in [0.15, 0.2) is 0 Å². The molecule has 1 heterocycles. The van der Waals surface area contributed by atoms with Crippen LogP contribution < -0.4 is 0 Å². The van der Waals surface area contributed by atoms with Crippen LogP contribution in [0.1, 0.15) is 47.0 Å². The Morgan fingerprint density at radius 1 is 1.17 bits per heavy atom. The van der Waals surface area contributed by atoms with Crippen LogP contribution in [0.5, 0.6) is 0 Å². The van der Waals surface area contributed by atoms with Gasteiger partial charge >= 0.3 is 12.1 Å². The Hall–Kier alpha value is -1.27. The number of alkyl halides is 3. The number of amides is 1. The maximum Gasteiger partial charge on any atom is 0.397 e. The van der Waals surface area contributed by atoms with E-state index in [1.807, 2.05) is 0 Å². The second-order valence-electron chi connectivity index (χ2n) is 8.23. The summed E-state index contributed by atoms with van der Waals surface area (Å²) in [5, 5.41) is 0. The average molecular weight is 349 g/mol. The molecule has 0 radical (unpaired) electrons. The molecule has 24 heavy (non-hydrogen) atoms. The largest absolute Gasteiger partial charge is 0.463 e. The first-order valence-electron chi connectivity index (χ1n) is 8.42. The number of fused-ring (bicyclic) bond motifs is 2. The molecule has 3 unspecified atom stereocenters. The Bertz CT molecular complexity index is 498. The van der Waals surface area contributed by atoms with E-state index >= 15 is 0 Å². The van der Waals surface area contributed by atoms with Crippen LogP contribution >= 0.6 is 0 Å². The fraction of sp³-hybridized carbons (Fsp3) is 0.882. The Labute approximate surface area is 140 Å². The molecule has 0 N–H and O–H groups in total. The van der Waals surface area contributed by atoms with E-state index in [1.165, 1.54) is 4.90 Å². The molecule has 2 aliphatic rings. The van der Waals surface area contributed by atoms with Crippen molar-refractivity contribution in [2.24, 2.45) is 23.2 Å². The molecular formula is C17H26F3NO3. The van der Waals surface area contributed by atoms with Crippen LogP contribution in [-0.2, 0) is 14.3 Å². The zero-order chi connectivity index (χ0) is 18.3. The number of rotatable bonds is 3. The normalized spacial score (nSPS) is 30.4. The molecule has 1 amide bonds. The number of carbonyl (C=O) groups excluding carboxylic acids is 2. The molecule has 1 saturated carbocycles. The number of esters is 1. The molecule has 138 valence electrons. The van der Waals surface area contributed by atoms with Gasteiger partial charge in [-0.15, -0.1) is 0 Å². The van der Waals surface area contributed by atoms with Crippen molar-refractivity contribution in [2.45, 2.75) is 59.2 Å². The van der Waals surface area contributed by atoms with E-state index < -0.39 is 35.9 Å². The molecule has 0 aromatic carbocycles. The summed E-state index contributed by atoms with van der Waals surface area (Å²) < 4.78 is 43.2. The van der Waals surface area contributed by atoms with Gasteiger partial charge in [0.1, 0.15) is 13.0 Å². The van der Waals surface area contributed by atoms with E-state index in [0.29, 0.717) is 12.5 Å². The molecule has 2 fully saturated rings. The highest BCUT2D eigenvalue weighted by atomic mass is 19.4. The molecule has 4 atom stereocenters. The predicted molar refractivity (Wildman–Crippen MR) is 82.0 cm³/mol. The van der Waals surface area contributed by atoms with Gasteiger partial charge in [-0.1, -0.05) is 6.92 Å². The number of piperidine rings is 1. The molecule has 0 aromatic rings. The van der Waals surface area contributed by atoms with E-state index in [-0.39, 0.29) is 18.4 Å². The van der Waals surface area contributed by atoms with Crippen LogP contribution in [0.2, 0.25) is 0 Å². The van der Waals surface area contributed by atoms with E-state index in [9.17, 15) is 22.8 Å². The van der Waals surface area contributed by atoms with Gasteiger partial charge in [0.15, 0.2) is 0 Å². The summed E-state index contributed by atoms with van der Waals surface area (Å²) in [6.45, 7) is 7.51. The van der Waals surface area contributed by atoms with Gasteiger partial charge in [-0.25, -0.2) is 0 Å². The fourth-order valence-corrected chi connectivity index (χ4v) is 3.90. The molecule has 2 bridgehead atoms. The van der Waals surface area contributed by atoms with E-state index in [1.54, 1.807) is 20.8 Å². The van der Waals surface area contributed by atoms with E-state index in [4.69, 9.17) is 4.74 Å². The second-order valence-corrected chi connectivity index (χ2v) is 8.23. The molecule has 2 rings (SSSR count). The molecule has 7 heteroatoms. The molecule has 1 aliphatic heterocycles. The van der Waals surface area contributed by atoms with Gasteiger partial charge in [-0.05, 0) is 51.4 Å². The quantitative estimate of drug-likeness (QED) is 0.734. The van der Waals surface area contributed by atoms with Gasteiger partial charge < -0.3 is 9.64 Å². The highest BCUT2D eigenvalue weighted by Gasteiger charge is 2.48. The SMILES string of the molecule is CC1CC2C[C@@H]1C(COC(=O)C(C)(C)C)N(C(=O)CC(F)(F)F)C2. The molecule has 0 aromatic heterocycles. The van der Waals surface area contributed by atoms with Crippen molar-refractivity contribution in [3.8, 4) is 0 Å². The van der Waals surface area contributed by atoms with Crippen molar-refractivity contribution in [1.29, 1.82) is 0 Å². The van der Waals surface area contributed by atoms with Crippen molar-refractivity contribution < 1.29 is 27.5 Å². The standard InChI is InChI=1S/C17H26F3NO3/c1-10-5-11-6-12(10)13(9-24-15(23)16(2,3)4)21(8-11)14(22)7-17(18,19)20/h10-13H,5-9H2,1-4H3/t10?,11?,12-,13?/m0/s1. The predicted octanol–water partition coefficient (Wildman–Crippen LogP) is 3.40. The lowest BCUT2D eigenvalue weighted by Crippen LogP contribution is -2.53. The highest BCUT2D eigenvalue weighted by Crippen LogP contribution is 2.45. The number of ether oxygens (including phenoxy) is 1. The summed E-state index contributed by atoms with van der Waals surface area (Å²) in [6.07, 6.45) is -4.19. The van der Waals surface area contributed by atoms with Crippen molar-refractivity contribution >= 4 is 11.9 Å². The average Bonchev–Trinajstić information content (AvgIpc) is 2.70. The number of halogens is 3. The number of hydrogen-bond donors (Lipinski definition) is 0. The van der Waals surface area contributed by atoms with Crippen LogP contribution in [0.3, 0.4) is 0 Å². The zero-order valence-corrected chi connectivity index (χ0v) is 14.7. The maximum atomic E-state index is 12.6. The number of nitrogens with zero attached hydrogens (tertiary/aromatic N) is 1. The van der Waals surface area contributed by atoms with Crippen molar-refractivity contribution in [3.63, 3.8) is 0 Å². The van der Waals surface area contributed by atoms with Gasteiger partial charge in [0.25, 0.3) is 0 Å². The monoisotopic (exact) mass is 349 g/mol. The smallest absolute Gasteiger partial charge is 0.397 e. The summed E-state index contributed by atoms with van der Waals surface area (Å²) in [5.74, 6) is -0.663. The molecule has 1 aliphatic carbocycles. The van der Waals surface area contributed by atoms with Crippen LogP contribution in [0.4, 0.5) is 13.2 Å². The fourth-order valence-electron chi connectivity index (χ4n) is 3.90. The van der Waals surface area contributed by atoms with Crippen LogP contribution in [-0.4, -0.2) is 42.1 Å². The Balaban J connectivity index is 2.12. The Morgan fingerprint density at radius 3 is 2.33 bits per heavy atom.